The number of amides is 1. The highest BCUT2D eigenvalue weighted by atomic mass is 35.5. The summed E-state index contributed by atoms with van der Waals surface area (Å²) in [6.45, 7) is 0.648. The van der Waals surface area contributed by atoms with Crippen molar-refractivity contribution in [3.63, 3.8) is 0 Å². The molecule has 1 amide bonds. The number of hydrogen-bond acceptors (Lipinski definition) is 3. The molecule has 2 unspecified atom stereocenters. The molecule has 2 rings (SSSR count). The van der Waals surface area contributed by atoms with E-state index in [2.05, 4.69) is 15.5 Å². The highest BCUT2D eigenvalue weighted by Gasteiger charge is 2.25. The molecule has 0 aliphatic heterocycles. The fourth-order valence-electron chi connectivity index (χ4n) is 1.97. The molecule has 86 valence electrons. The van der Waals surface area contributed by atoms with Crippen molar-refractivity contribution in [2.45, 2.75) is 24.6 Å². The van der Waals surface area contributed by atoms with Crippen LogP contribution in [0.3, 0.4) is 0 Å². The molecule has 1 saturated carbocycles. The maximum absolute atomic E-state index is 11.7. The molecule has 0 aromatic carbocycles. The molecule has 1 aliphatic rings. The van der Waals surface area contributed by atoms with Gasteiger partial charge in [-0.2, -0.15) is 10.2 Å². The van der Waals surface area contributed by atoms with Crippen LogP contribution in [0, 0.1) is 5.92 Å². The van der Waals surface area contributed by atoms with E-state index in [-0.39, 0.29) is 11.3 Å². The second-order valence-electron chi connectivity index (χ2n) is 4.05. The lowest BCUT2D eigenvalue weighted by Crippen LogP contribution is -2.31. The first-order chi connectivity index (χ1) is 7.77. The number of carbonyl (C=O) groups is 1. The third kappa shape index (κ3) is 2.70. The van der Waals surface area contributed by atoms with Crippen LogP contribution in [0.2, 0.25) is 0 Å². The van der Waals surface area contributed by atoms with Crippen molar-refractivity contribution < 1.29 is 4.79 Å². The number of alkyl halides is 1. The Labute approximate surface area is 99.4 Å². The van der Waals surface area contributed by atoms with Crippen LogP contribution in [0.5, 0.6) is 0 Å². The zero-order chi connectivity index (χ0) is 11.4. The van der Waals surface area contributed by atoms with Crippen LogP contribution in [-0.2, 0) is 0 Å². The molecule has 1 aromatic rings. The quantitative estimate of drug-likeness (QED) is 0.816. The van der Waals surface area contributed by atoms with Gasteiger partial charge in [-0.25, -0.2) is 0 Å². The van der Waals surface area contributed by atoms with Crippen molar-refractivity contribution in [1.82, 2.24) is 15.5 Å². The fourth-order valence-corrected chi connectivity index (χ4v) is 2.34. The van der Waals surface area contributed by atoms with Gasteiger partial charge in [-0.1, -0.05) is 6.42 Å². The highest BCUT2D eigenvalue weighted by molar-refractivity contribution is 6.21. The lowest BCUT2D eigenvalue weighted by Gasteiger charge is -2.14. The second kappa shape index (κ2) is 5.25. The van der Waals surface area contributed by atoms with Gasteiger partial charge in [0.15, 0.2) is 0 Å². The number of nitrogens with zero attached hydrogens (tertiary/aromatic N) is 2. The van der Waals surface area contributed by atoms with E-state index < -0.39 is 0 Å². The van der Waals surface area contributed by atoms with E-state index >= 15 is 0 Å². The first-order valence-corrected chi connectivity index (χ1v) is 5.90. The molecule has 1 aromatic heterocycles. The Kier molecular flexibility index (Phi) is 3.72. The summed E-state index contributed by atoms with van der Waals surface area (Å²) in [5, 5.41) is 10.4. The van der Waals surface area contributed by atoms with E-state index in [1.807, 2.05) is 0 Å². The summed E-state index contributed by atoms with van der Waals surface area (Å²) in [5.74, 6) is 0.297. The topological polar surface area (TPSA) is 54.9 Å². The monoisotopic (exact) mass is 239 g/mol. The number of halogens is 1. The molecule has 0 saturated heterocycles. The maximum atomic E-state index is 11.7. The van der Waals surface area contributed by atoms with Crippen molar-refractivity contribution >= 4 is 17.5 Å². The minimum atomic E-state index is -0.106. The molecule has 1 aliphatic carbocycles. The van der Waals surface area contributed by atoms with Crippen LogP contribution in [0.15, 0.2) is 18.5 Å². The number of aromatic nitrogens is 2. The van der Waals surface area contributed by atoms with Gasteiger partial charge in [0.2, 0.25) is 0 Å². The van der Waals surface area contributed by atoms with Crippen molar-refractivity contribution in [3.8, 4) is 0 Å². The smallest absolute Gasteiger partial charge is 0.252 e. The Bertz CT molecular complexity index is 358. The van der Waals surface area contributed by atoms with Gasteiger partial charge in [-0.15, -0.1) is 11.6 Å². The van der Waals surface area contributed by atoms with Gasteiger partial charge in [-0.3, -0.25) is 4.79 Å². The molecule has 4 nitrogen and oxygen atoms in total. The van der Waals surface area contributed by atoms with E-state index in [9.17, 15) is 4.79 Å². The van der Waals surface area contributed by atoms with E-state index in [1.54, 1.807) is 6.07 Å². The average Bonchev–Trinajstić information content (AvgIpc) is 2.73. The minimum Gasteiger partial charge on any atom is -0.352 e. The van der Waals surface area contributed by atoms with Crippen LogP contribution in [0.4, 0.5) is 0 Å². The zero-order valence-corrected chi connectivity index (χ0v) is 9.65. The first-order valence-electron chi connectivity index (χ1n) is 5.46. The Hall–Kier alpha value is -1.16. The van der Waals surface area contributed by atoms with Gasteiger partial charge in [0.1, 0.15) is 0 Å². The van der Waals surface area contributed by atoms with Crippen LogP contribution in [0.1, 0.15) is 29.6 Å². The van der Waals surface area contributed by atoms with Gasteiger partial charge >= 0.3 is 0 Å². The molecule has 0 radical (unpaired) electrons. The van der Waals surface area contributed by atoms with Gasteiger partial charge in [0.25, 0.3) is 5.91 Å². The van der Waals surface area contributed by atoms with Crippen molar-refractivity contribution in [2.75, 3.05) is 6.54 Å². The summed E-state index contributed by atoms with van der Waals surface area (Å²) in [4.78, 5) is 11.7. The zero-order valence-electron chi connectivity index (χ0n) is 8.90. The number of nitrogens with one attached hydrogen (secondary N) is 1. The van der Waals surface area contributed by atoms with Crippen LogP contribution < -0.4 is 5.32 Å². The highest BCUT2D eigenvalue weighted by Crippen LogP contribution is 2.29. The molecule has 0 bridgehead atoms. The molecule has 1 N–H and O–H groups in total. The fraction of sp³-hybridized carbons (Fsp3) is 0.545. The predicted octanol–water partition coefficient (Wildman–Crippen LogP) is 1.61. The van der Waals surface area contributed by atoms with Gasteiger partial charge in [0.05, 0.1) is 18.0 Å². The van der Waals surface area contributed by atoms with E-state index in [4.69, 9.17) is 11.6 Å². The summed E-state index contributed by atoms with van der Waals surface area (Å²) in [5.41, 5.74) is 0.541. The number of carbonyl (C=O) groups excluding carboxylic acids is 1. The predicted molar refractivity (Wildman–Crippen MR) is 61.3 cm³/mol. The SMILES string of the molecule is O=C(NCC1CCCC1Cl)c1ccnnc1. The second-order valence-corrected chi connectivity index (χ2v) is 4.61. The van der Waals surface area contributed by atoms with Crippen molar-refractivity contribution in [3.05, 3.63) is 24.0 Å². The summed E-state index contributed by atoms with van der Waals surface area (Å²) in [6.07, 6.45) is 6.28. The molecule has 2 atom stereocenters. The molecular formula is C11H14ClN3O. The number of hydrogen-bond donors (Lipinski definition) is 1. The van der Waals surface area contributed by atoms with Crippen LogP contribution >= 0.6 is 11.6 Å². The standard InChI is InChI=1S/C11H14ClN3O/c12-10-3-1-2-8(10)6-13-11(16)9-4-5-14-15-7-9/h4-5,7-8,10H,1-3,6H2,(H,13,16). The van der Waals surface area contributed by atoms with Gasteiger partial charge in [0, 0.05) is 11.9 Å². The van der Waals surface area contributed by atoms with Crippen LogP contribution in [0.25, 0.3) is 0 Å². The van der Waals surface area contributed by atoms with Crippen molar-refractivity contribution in [2.24, 2.45) is 5.92 Å². The normalized spacial score (nSPS) is 24.3. The Balaban J connectivity index is 1.84. The molecular weight excluding hydrogens is 226 g/mol. The number of rotatable bonds is 3. The van der Waals surface area contributed by atoms with E-state index in [0.29, 0.717) is 18.0 Å². The molecule has 0 spiro atoms. The molecule has 5 heteroatoms. The maximum Gasteiger partial charge on any atom is 0.252 e. The molecule has 1 heterocycles. The largest absolute Gasteiger partial charge is 0.352 e. The lowest BCUT2D eigenvalue weighted by atomic mass is 10.1. The average molecular weight is 240 g/mol. The van der Waals surface area contributed by atoms with Gasteiger partial charge < -0.3 is 5.32 Å². The van der Waals surface area contributed by atoms with E-state index in [0.717, 1.165) is 19.3 Å². The Morgan fingerprint density at radius 1 is 1.50 bits per heavy atom. The summed E-state index contributed by atoms with van der Waals surface area (Å²) >= 11 is 6.13. The van der Waals surface area contributed by atoms with E-state index in [1.165, 1.54) is 12.4 Å². The third-order valence-corrected chi connectivity index (χ3v) is 3.51. The molecule has 1 fully saturated rings. The minimum absolute atomic E-state index is 0.106. The summed E-state index contributed by atoms with van der Waals surface area (Å²) in [7, 11) is 0. The summed E-state index contributed by atoms with van der Waals surface area (Å²) in [6, 6.07) is 1.65. The Morgan fingerprint density at radius 3 is 3.00 bits per heavy atom. The lowest BCUT2D eigenvalue weighted by molar-refractivity contribution is 0.0947. The van der Waals surface area contributed by atoms with Gasteiger partial charge in [-0.05, 0) is 24.8 Å². The first kappa shape index (κ1) is 11.3. The summed E-state index contributed by atoms with van der Waals surface area (Å²) < 4.78 is 0. The van der Waals surface area contributed by atoms with Crippen LogP contribution in [-0.4, -0.2) is 28.0 Å². The Morgan fingerprint density at radius 2 is 2.38 bits per heavy atom. The molecule has 16 heavy (non-hydrogen) atoms. The third-order valence-electron chi connectivity index (χ3n) is 2.94. The van der Waals surface area contributed by atoms with Crippen molar-refractivity contribution in [1.29, 1.82) is 0 Å².